The normalized spacial score (nSPS) is 16.6. The first-order chi connectivity index (χ1) is 16.4. The predicted molar refractivity (Wildman–Crippen MR) is 126 cm³/mol. The summed E-state index contributed by atoms with van der Waals surface area (Å²) in [6, 6.07) is 7.46. The molecule has 0 spiro atoms. The van der Waals surface area contributed by atoms with Gasteiger partial charge in [-0.1, -0.05) is 12.1 Å². The van der Waals surface area contributed by atoms with Crippen LogP contribution in [0.15, 0.2) is 55.2 Å². The minimum absolute atomic E-state index is 0.156. The average Bonchev–Trinajstić information content (AvgIpc) is 3.39. The van der Waals surface area contributed by atoms with Gasteiger partial charge in [0.2, 0.25) is 17.7 Å². The number of alkyl halides is 3. The van der Waals surface area contributed by atoms with Gasteiger partial charge in [-0.2, -0.15) is 0 Å². The predicted octanol–water partition coefficient (Wildman–Crippen LogP) is 4.61. The fraction of sp³-hybridized carbons (Fsp3) is 0.348. The maximum atomic E-state index is 13.6. The van der Waals surface area contributed by atoms with Crippen molar-refractivity contribution in [1.82, 2.24) is 19.7 Å². The molecule has 2 heterocycles. The van der Waals surface area contributed by atoms with Gasteiger partial charge in [0.25, 0.3) is 0 Å². The Morgan fingerprint density at radius 3 is 2.41 bits per heavy atom. The smallest absolute Gasteiger partial charge is 0.248 e. The highest BCUT2D eigenvalue weighted by Gasteiger charge is 2.38. The highest BCUT2D eigenvalue weighted by Crippen LogP contribution is 2.34. The summed E-state index contributed by atoms with van der Waals surface area (Å²) in [5, 5.41) is 2.85. The van der Waals surface area contributed by atoms with Crippen molar-refractivity contribution in [2.24, 2.45) is 0 Å². The van der Waals surface area contributed by atoms with E-state index in [1.807, 2.05) is 18.2 Å². The minimum atomic E-state index is -2.71. The number of nitrogens with one attached hydrogen (secondary N) is 1. The van der Waals surface area contributed by atoms with Gasteiger partial charge in [-0.05, 0) is 48.1 Å². The molecule has 178 valence electrons. The van der Waals surface area contributed by atoms with Crippen molar-refractivity contribution in [3.63, 3.8) is 0 Å². The van der Waals surface area contributed by atoms with Gasteiger partial charge in [0.05, 0.1) is 4.88 Å². The molecule has 11 heteroatoms. The van der Waals surface area contributed by atoms with E-state index in [0.29, 0.717) is 11.3 Å². The number of nitrogens with zero attached hydrogens (tertiary/aromatic N) is 4. The van der Waals surface area contributed by atoms with Crippen molar-refractivity contribution in [3.8, 4) is 10.4 Å². The van der Waals surface area contributed by atoms with Crippen LogP contribution in [0.3, 0.4) is 0 Å². The summed E-state index contributed by atoms with van der Waals surface area (Å²) in [7, 11) is 0. The summed E-state index contributed by atoms with van der Waals surface area (Å²) >= 11 is 7.27. The molecule has 1 saturated carbocycles. The minimum Gasteiger partial charge on any atom is -0.351 e. The molecule has 1 aliphatic carbocycles. The van der Waals surface area contributed by atoms with Gasteiger partial charge in [-0.15, -0.1) is 11.6 Å². The van der Waals surface area contributed by atoms with E-state index in [0.717, 1.165) is 10.4 Å². The topological polar surface area (TPSA) is 88.1 Å². The van der Waals surface area contributed by atoms with Crippen LogP contribution < -0.4 is 10.2 Å². The first kappa shape index (κ1) is 24.2. The van der Waals surface area contributed by atoms with Crippen LogP contribution in [0, 0.1) is 0 Å². The monoisotopic (exact) mass is 505 g/mol. The molecule has 0 aliphatic heterocycles. The summed E-state index contributed by atoms with van der Waals surface area (Å²) < 4.78 is 31.2. The number of benzene rings is 1. The molecule has 3 aromatic rings. The van der Waals surface area contributed by atoms with Crippen molar-refractivity contribution in [3.05, 3.63) is 60.8 Å². The molecule has 1 aromatic carbocycles. The maximum Gasteiger partial charge on any atom is 0.248 e. The van der Waals surface area contributed by atoms with Crippen molar-refractivity contribution >= 4 is 40.6 Å². The maximum absolute atomic E-state index is 13.6. The van der Waals surface area contributed by atoms with E-state index in [1.54, 1.807) is 18.3 Å². The largest absolute Gasteiger partial charge is 0.351 e. The Bertz CT molecular complexity index is 1110. The first-order valence-electron chi connectivity index (χ1n) is 10.7. The van der Waals surface area contributed by atoms with Crippen molar-refractivity contribution < 1.29 is 18.4 Å². The van der Waals surface area contributed by atoms with Gasteiger partial charge < -0.3 is 5.32 Å². The fourth-order valence-corrected chi connectivity index (χ4v) is 4.71. The van der Waals surface area contributed by atoms with Gasteiger partial charge in [-0.3, -0.25) is 14.5 Å². The third-order valence-electron chi connectivity index (χ3n) is 5.72. The number of carbonyl (C=O) groups excluding carboxylic acids is 2. The van der Waals surface area contributed by atoms with Crippen LogP contribution in [0.4, 0.5) is 14.5 Å². The number of carbonyl (C=O) groups is 2. The summed E-state index contributed by atoms with van der Waals surface area (Å²) in [5.74, 6) is -4.07. The number of anilines is 1. The second kappa shape index (κ2) is 10.5. The Morgan fingerprint density at radius 2 is 1.82 bits per heavy atom. The highest BCUT2D eigenvalue weighted by molar-refractivity contribution is 7.09. The van der Waals surface area contributed by atoms with Crippen LogP contribution in [0.5, 0.6) is 0 Å². The van der Waals surface area contributed by atoms with E-state index in [9.17, 15) is 18.4 Å². The molecule has 1 atom stereocenters. The molecule has 1 N–H and O–H groups in total. The Morgan fingerprint density at radius 1 is 1.15 bits per heavy atom. The Labute approximate surface area is 204 Å². The molecule has 7 nitrogen and oxygen atoms in total. The fourth-order valence-electron chi connectivity index (χ4n) is 3.99. The average molecular weight is 506 g/mol. The number of hydrogen-bond acceptors (Lipinski definition) is 6. The lowest BCUT2D eigenvalue weighted by molar-refractivity contribution is -0.127. The second-order valence-electron chi connectivity index (χ2n) is 8.03. The molecule has 0 saturated heterocycles. The van der Waals surface area contributed by atoms with Crippen molar-refractivity contribution in [2.45, 2.75) is 43.7 Å². The van der Waals surface area contributed by atoms with Gasteiger partial charge in [-0.25, -0.2) is 23.1 Å². The number of rotatable bonds is 7. The third kappa shape index (κ3) is 5.56. The highest BCUT2D eigenvalue weighted by atomic mass is 35.5. The van der Waals surface area contributed by atoms with E-state index >= 15 is 0 Å². The zero-order valence-corrected chi connectivity index (χ0v) is 19.6. The van der Waals surface area contributed by atoms with Crippen LogP contribution in [0.1, 0.15) is 37.3 Å². The Kier molecular flexibility index (Phi) is 7.47. The van der Waals surface area contributed by atoms with E-state index in [4.69, 9.17) is 11.6 Å². The van der Waals surface area contributed by atoms with Crippen molar-refractivity contribution in [2.75, 3.05) is 10.8 Å². The molecule has 34 heavy (non-hydrogen) atoms. The quantitative estimate of drug-likeness (QED) is 0.474. The Hall–Kier alpha value is -2.98. The summed E-state index contributed by atoms with van der Waals surface area (Å²) in [5.41, 5.74) is 1.75. The van der Waals surface area contributed by atoms with E-state index in [1.165, 1.54) is 35.2 Å². The van der Waals surface area contributed by atoms with Gasteiger partial charge >= 0.3 is 0 Å². The lowest BCUT2D eigenvalue weighted by Gasteiger charge is -2.34. The van der Waals surface area contributed by atoms with Gasteiger partial charge in [0.1, 0.15) is 18.2 Å². The molecule has 2 aromatic heterocycles. The number of amides is 2. The molecule has 1 fully saturated rings. The summed E-state index contributed by atoms with van der Waals surface area (Å²) in [6.45, 7) is 0. The summed E-state index contributed by atoms with van der Waals surface area (Å²) in [6.07, 6.45) is 5.65. The molecule has 0 bridgehead atoms. The second-order valence-corrected chi connectivity index (χ2v) is 9.13. The first-order valence-corrected chi connectivity index (χ1v) is 12.0. The standard InChI is InChI=1S/C23H22ClF2N5O2S/c24-11-20(32)31(18-3-1-15(2-4-18)19-7-10-29-34-19)21(16-12-27-14-28-13-16)22(33)30-17-5-8-23(25,26)9-6-17/h1-4,7,10,12-14,17,21H,5-6,8-9,11H2,(H,30,33). The van der Waals surface area contributed by atoms with Crippen LogP contribution in [0.25, 0.3) is 10.4 Å². The SMILES string of the molecule is O=C(NC1CCC(F)(F)CC1)C(c1cncnc1)N(C(=O)CCl)c1ccc(-c2ccns2)cc1. The summed E-state index contributed by atoms with van der Waals surface area (Å²) in [4.78, 5) is 36.7. The molecular weight excluding hydrogens is 484 g/mol. The van der Waals surface area contributed by atoms with Crippen molar-refractivity contribution in [1.29, 1.82) is 0 Å². The Balaban J connectivity index is 1.65. The number of hydrogen-bond donors (Lipinski definition) is 1. The zero-order chi connectivity index (χ0) is 24.1. The zero-order valence-electron chi connectivity index (χ0n) is 18.0. The molecule has 4 rings (SSSR count). The van der Waals surface area contributed by atoms with E-state index in [-0.39, 0.29) is 31.6 Å². The molecule has 0 radical (unpaired) electrons. The molecule has 1 aliphatic rings. The van der Waals surface area contributed by atoms with Crippen LogP contribution in [0.2, 0.25) is 0 Å². The van der Waals surface area contributed by atoms with Crippen LogP contribution >= 0.6 is 23.1 Å². The number of halogens is 3. The van der Waals surface area contributed by atoms with E-state index < -0.39 is 29.8 Å². The van der Waals surface area contributed by atoms with Gasteiger partial charge in [0.15, 0.2) is 0 Å². The van der Waals surface area contributed by atoms with Crippen LogP contribution in [-0.2, 0) is 9.59 Å². The van der Waals surface area contributed by atoms with Gasteiger partial charge in [0, 0.05) is 48.7 Å². The molecule has 2 amide bonds. The van der Waals surface area contributed by atoms with E-state index in [2.05, 4.69) is 19.7 Å². The third-order valence-corrected chi connectivity index (χ3v) is 6.74. The molecular formula is C23H22ClF2N5O2S. The van der Waals surface area contributed by atoms with Crippen LogP contribution in [-0.4, -0.2) is 44.0 Å². The lowest BCUT2D eigenvalue weighted by atomic mass is 9.92. The lowest BCUT2D eigenvalue weighted by Crippen LogP contribution is -2.48. The molecule has 1 unspecified atom stereocenters. The number of aromatic nitrogens is 3.